The van der Waals surface area contributed by atoms with Crippen molar-refractivity contribution in [3.63, 3.8) is 0 Å². The molecule has 128 valence electrons. The van der Waals surface area contributed by atoms with E-state index in [1.54, 1.807) is 7.11 Å². The number of nitrogens with zero attached hydrogens (tertiary/aromatic N) is 2. The number of aryl methyl sites for hydroxylation is 1. The molecule has 0 fully saturated rings. The Bertz CT molecular complexity index is 878. The molecule has 1 aliphatic heterocycles. The lowest BCUT2D eigenvalue weighted by atomic mass is 9.79. The van der Waals surface area contributed by atoms with Crippen molar-refractivity contribution in [1.82, 2.24) is 0 Å². The zero-order valence-corrected chi connectivity index (χ0v) is 15.1. The SMILES string of the molecule is COc1ccc(N2N=C3c4cc(Cl)c(Cl)cc4CCC3CC2=O)cc1. The molecule has 1 amide bonds. The molecule has 4 rings (SSSR count). The van der Waals surface area contributed by atoms with Gasteiger partial charge in [0.25, 0.3) is 0 Å². The number of hydrogen-bond acceptors (Lipinski definition) is 3. The monoisotopic (exact) mass is 374 g/mol. The molecule has 1 atom stereocenters. The van der Waals surface area contributed by atoms with Crippen LogP contribution in [-0.2, 0) is 11.2 Å². The topological polar surface area (TPSA) is 41.9 Å². The number of benzene rings is 2. The van der Waals surface area contributed by atoms with Gasteiger partial charge in [-0.1, -0.05) is 23.2 Å². The first-order valence-corrected chi connectivity index (χ1v) is 8.86. The predicted molar refractivity (Wildman–Crippen MR) is 99.9 cm³/mol. The number of ether oxygens (including phenoxy) is 1. The van der Waals surface area contributed by atoms with Crippen molar-refractivity contribution < 1.29 is 9.53 Å². The lowest BCUT2D eigenvalue weighted by Crippen LogP contribution is -2.39. The molecular formula is C19H16Cl2N2O2. The summed E-state index contributed by atoms with van der Waals surface area (Å²) in [6.07, 6.45) is 2.22. The normalized spacial score (nSPS) is 19.2. The molecule has 2 aromatic rings. The second-order valence-corrected chi connectivity index (χ2v) is 7.07. The summed E-state index contributed by atoms with van der Waals surface area (Å²) in [7, 11) is 1.61. The van der Waals surface area contributed by atoms with Gasteiger partial charge in [-0.15, -0.1) is 0 Å². The van der Waals surface area contributed by atoms with Gasteiger partial charge in [0.15, 0.2) is 0 Å². The highest BCUT2D eigenvalue weighted by atomic mass is 35.5. The van der Waals surface area contributed by atoms with E-state index in [0.29, 0.717) is 16.5 Å². The molecule has 0 bridgehead atoms. The van der Waals surface area contributed by atoms with Gasteiger partial charge in [-0.05, 0) is 54.8 Å². The Balaban J connectivity index is 1.78. The molecule has 2 aliphatic rings. The quantitative estimate of drug-likeness (QED) is 0.763. The minimum absolute atomic E-state index is 0.00225. The Morgan fingerprint density at radius 1 is 1.16 bits per heavy atom. The molecule has 2 aromatic carbocycles. The summed E-state index contributed by atoms with van der Waals surface area (Å²) in [4.78, 5) is 12.6. The van der Waals surface area contributed by atoms with Crippen LogP contribution in [0, 0.1) is 5.92 Å². The van der Waals surface area contributed by atoms with Crippen LogP contribution in [0.2, 0.25) is 10.0 Å². The Labute approximate surface area is 156 Å². The van der Waals surface area contributed by atoms with E-state index in [9.17, 15) is 4.79 Å². The minimum atomic E-state index is 0.00225. The average molecular weight is 375 g/mol. The van der Waals surface area contributed by atoms with E-state index in [-0.39, 0.29) is 11.8 Å². The highest BCUT2D eigenvalue weighted by molar-refractivity contribution is 6.42. The molecule has 1 aliphatic carbocycles. The molecule has 0 radical (unpaired) electrons. The maximum Gasteiger partial charge on any atom is 0.248 e. The molecule has 25 heavy (non-hydrogen) atoms. The van der Waals surface area contributed by atoms with Crippen LogP contribution in [0.25, 0.3) is 0 Å². The Kier molecular flexibility index (Phi) is 4.18. The first-order chi connectivity index (χ1) is 12.1. The van der Waals surface area contributed by atoms with Crippen LogP contribution < -0.4 is 9.75 Å². The maximum absolute atomic E-state index is 12.6. The van der Waals surface area contributed by atoms with Crippen LogP contribution in [0.3, 0.4) is 0 Å². The van der Waals surface area contributed by atoms with Crippen LogP contribution in [0.4, 0.5) is 5.69 Å². The van der Waals surface area contributed by atoms with E-state index < -0.39 is 0 Å². The molecule has 0 saturated carbocycles. The van der Waals surface area contributed by atoms with Crippen molar-refractivity contribution in [1.29, 1.82) is 0 Å². The van der Waals surface area contributed by atoms with Crippen LogP contribution in [-0.4, -0.2) is 18.7 Å². The third-order valence-electron chi connectivity index (χ3n) is 4.75. The van der Waals surface area contributed by atoms with Crippen molar-refractivity contribution in [3.05, 3.63) is 57.6 Å². The molecule has 6 heteroatoms. The minimum Gasteiger partial charge on any atom is -0.497 e. The number of methoxy groups -OCH3 is 1. The summed E-state index contributed by atoms with van der Waals surface area (Å²) in [5, 5.41) is 7.22. The van der Waals surface area contributed by atoms with Gasteiger partial charge in [0.1, 0.15) is 5.75 Å². The van der Waals surface area contributed by atoms with Crippen molar-refractivity contribution in [2.24, 2.45) is 11.0 Å². The Morgan fingerprint density at radius 3 is 2.60 bits per heavy atom. The molecule has 0 spiro atoms. The molecule has 1 heterocycles. The Morgan fingerprint density at radius 2 is 1.88 bits per heavy atom. The number of carbonyl (C=O) groups excluding carboxylic acids is 1. The Hall–Kier alpha value is -2.04. The van der Waals surface area contributed by atoms with Gasteiger partial charge >= 0.3 is 0 Å². The highest BCUT2D eigenvalue weighted by Gasteiger charge is 2.34. The molecular weight excluding hydrogens is 359 g/mol. The van der Waals surface area contributed by atoms with Gasteiger partial charge in [-0.3, -0.25) is 4.79 Å². The van der Waals surface area contributed by atoms with Gasteiger partial charge in [-0.25, -0.2) is 5.01 Å². The third-order valence-corrected chi connectivity index (χ3v) is 5.48. The summed E-state index contributed by atoms with van der Waals surface area (Å²) in [6, 6.07) is 11.1. The highest BCUT2D eigenvalue weighted by Crippen LogP contribution is 2.37. The van der Waals surface area contributed by atoms with Gasteiger partial charge < -0.3 is 4.74 Å². The van der Waals surface area contributed by atoms with Gasteiger partial charge in [0.05, 0.1) is 28.6 Å². The van der Waals surface area contributed by atoms with E-state index in [1.807, 2.05) is 36.4 Å². The summed E-state index contributed by atoms with van der Waals surface area (Å²) in [6.45, 7) is 0. The van der Waals surface area contributed by atoms with Gasteiger partial charge in [-0.2, -0.15) is 5.10 Å². The van der Waals surface area contributed by atoms with Gasteiger partial charge in [0.2, 0.25) is 5.91 Å². The van der Waals surface area contributed by atoms with Crippen LogP contribution >= 0.6 is 23.2 Å². The predicted octanol–water partition coefficient (Wildman–Crippen LogP) is 4.71. The van der Waals surface area contributed by atoms with Crippen molar-refractivity contribution in [2.45, 2.75) is 19.3 Å². The van der Waals surface area contributed by atoms with Crippen molar-refractivity contribution in [2.75, 3.05) is 12.1 Å². The molecule has 4 nitrogen and oxygen atoms in total. The number of hydrogen-bond donors (Lipinski definition) is 0. The summed E-state index contributed by atoms with van der Waals surface area (Å²) in [5.74, 6) is 0.873. The second kappa shape index (κ2) is 6.36. The van der Waals surface area contributed by atoms with Crippen LogP contribution in [0.5, 0.6) is 5.75 Å². The summed E-state index contributed by atoms with van der Waals surface area (Å²) >= 11 is 12.4. The van der Waals surface area contributed by atoms with Crippen LogP contribution in [0.15, 0.2) is 41.5 Å². The molecule has 0 N–H and O–H groups in total. The number of rotatable bonds is 2. The zero-order valence-electron chi connectivity index (χ0n) is 13.6. The number of hydrazone groups is 1. The van der Waals surface area contributed by atoms with E-state index >= 15 is 0 Å². The van der Waals surface area contributed by atoms with E-state index in [0.717, 1.165) is 41.1 Å². The van der Waals surface area contributed by atoms with E-state index in [4.69, 9.17) is 27.9 Å². The summed E-state index contributed by atoms with van der Waals surface area (Å²) in [5.41, 5.74) is 3.77. The molecule has 0 aromatic heterocycles. The lowest BCUT2D eigenvalue weighted by Gasteiger charge is -2.33. The molecule has 0 saturated heterocycles. The largest absolute Gasteiger partial charge is 0.497 e. The number of halogens is 2. The first-order valence-electron chi connectivity index (χ1n) is 8.10. The summed E-state index contributed by atoms with van der Waals surface area (Å²) < 4.78 is 5.17. The average Bonchev–Trinajstić information content (AvgIpc) is 2.62. The van der Waals surface area contributed by atoms with E-state index in [1.165, 1.54) is 5.01 Å². The fourth-order valence-corrected chi connectivity index (χ4v) is 3.79. The van der Waals surface area contributed by atoms with E-state index in [2.05, 4.69) is 5.10 Å². The lowest BCUT2D eigenvalue weighted by molar-refractivity contribution is -0.119. The number of anilines is 1. The maximum atomic E-state index is 12.6. The number of amides is 1. The first kappa shape index (κ1) is 16.4. The van der Waals surface area contributed by atoms with Gasteiger partial charge in [0, 0.05) is 17.9 Å². The number of fused-ring (bicyclic) bond motifs is 3. The molecule has 1 unspecified atom stereocenters. The zero-order chi connectivity index (χ0) is 17.6. The van der Waals surface area contributed by atoms with Crippen LogP contribution in [0.1, 0.15) is 24.0 Å². The fraction of sp³-hybridized carbons (Fsp3) is 0.263. The fourth-order valence-electron chi connectivity index (χ4n) is 3.44. The number of carbonyl (C=O) groups is 1. The second-order valence-electron chi connectivity index (χ2n) is 6.25. The standard InChI is InChI=1S/C19H16Cl2N2O2/c1-25-14-6-4-13(5-7-14)23-18(24)9-12-3-2-11-8-16(20)17(21)10-15(11)19(12)22-23/h4-8,10,12H,2-3,9H2,1H3. The smallest absolute Gasteiger partial charge is 0.248 e. The third kappa shape index (κ3) is 2.90. The van der Waals surface area contributed by atoms with Crippen molar-refractivity contribution >= 4 is 40.5 Å². The van der Waals surface area contributed by atoms with Crippen molar-refractivity contribution in [3.8, 4) is 5.75 Å².